The molecule has 0 bridgehead atoms. The summed E-state index contributed by atoms with van der Waals surface area (Å²) in [5, 5.41) is 12.6. The molecule has 0 N–H and O–H groups in total. The summed E-state index contributed by atoms with van der Waals surface area (Å²) in [6.07, 6.45) is 0. The molecule has 0 saturated heterocycles. The molecule has 13 aromatic rings. The third kappa shape index (κ3) is 5.57. The largest absolute Gasteiger partial charge is 0.309 e. The third-order valence-electron chi connectivity index (χ3n) is 13.3. The normalized spacial score (nSPS) is 11.8. The lowest BCUT2D eigenvalue weighted by molar-refractivity contribution is 1.18. The van der Waals surface area contributed by atoms with Crippen molar-refractivity contribution in [2.45, 2.75) is 0 Å². The van der Waals surface area contributed by atoms with E-state index >= 15 is 0 Å². The number of hydrogen-bond acceptors (Lipinski definition) is 0. The maximum Gasteiger partial charge on any atom is 0.0553 e. The van der Waals surface area contributed by atoms with Crippen molar-refractivity contribution in [3.8, 4) is 61.3 Å². The molecule has 0 fully saturated rings. The van der Waals surface area contributed by atoms with Gasteiger partial charge in [-0.25, -0.2) is 0 Å². The molecule has 1 heteroatoms. The van der Waals surface area contributed by atoms with E-state index in [-0.39, 0.29) is 0 Å². The molecule has 0 amide bonds. The topological polar surface area (TPSA) is 4.93 Å². The summed E-state index contributed by atoms with van der Waals surface area (Å²) in [5.74, 6) is 0. The fourth-order valence-electron chi connectivity index (χ4n) is 10.6. The van der Waals surface area contributed by atoms with E-state index in [1.165, 1.54) is 126 Å². The Kier molecular flexibility index (Phi) is 7.98. The molecule has 1 nitrogen and oxygen atoms in total. The number of aromatic nitrogens is 1. The van der Waals surface area contributed by atoms with Crippen molar-refractivity contribution in [2.75, 3.05) is 0 Å². The van der Waals surface area contributed by atoms with Gasteiger partial charge in [0.2, 0.25) is 0 Å². The monoisotopic (exact) mass is 797 g/mol. The van der Waals surface area contributed by atoms with Crippen LogP contribution >= 0.6 is 0 Å². The zero-order valence-electron chi connectivity index (χ0n) is 34.5. The molecule has 1 aromatic heterocycles. The molecule has 0 unspecified atom stereocenters. The predicted molar refractivity (Wildman–Crippen MR) is 269 cm³/mol. The lowest BCUT2D eigenvalue weighted by Crippen LogP contribution is -1.94. The van der Waals surface area contributed by atoms with Gasteiger partial charge in [-0.15, -0.1) is 0 Å². The van der Waals surface area contributed by atoms with Crippen LogP contribution in [0.5, 0.6) is 0 Å². The van der Waals surface area contributed by atoms with Crippen molar-refractivity contribution in [2.24, 2.45) is 0 Å². The van der Waals surface area contributed by atoms with E-state index in [4.69, 9.17) is 0 Å². The van der Waals surface area contributed by atoms with Crippen LogP contribution in [0.15, 0.2) is 237 Å². The first kappa shape index (κ1) is 35.5. The van der Waals surface area contributed by atoms with Crippen molar-refractivity contribution >= 4 is 64.9 Å². The zero-order valence-corrected chi connectivity index (χ0v) is 34.5. The van der Waals surface area contributed by atoms with Crippen LogP contribution in [0.2, 0.25) is 0 Å². The van der Waals surface area contributed by atoms with Crippen LogP contribution in [0.1, 0.15) is 0 Å². The van der Waals surface area contributed by atoms with E-state index in [1.54, 1.807) is 0 Å². The van der Waals surface area contributed by atoms with Crippen molar-refractivity contribution in [3.05, 3.63) is 237 Å². The maximum atomic E-state index is 2.45. The van der Waals surface area contributed by atoms with Gasteiger partial charge < -0.3 is 4.57 Å². The van der Waals surface area contributed by atoms with Gasteiger partial charge in [0.05, 0.1) is 11.0 Å². The highest BCUT2D eigenvalue weighted by molar-refractivity contribution is 6.27. The standard InChI is InChI=1S/C62H39N/c1-4-17-40(18-5-1)44-36-45(41-19-6-2-7-20-41)38-47(37-44)59-52-26-12-14-28-54(52)62(55-29-15-13-27-53(55)59)56-34-33-49(50-24-10-11-25-51(50)56)46-35-43-32-31-42-21-16-30-57-60(42)61(43)58(39-46)63(57)48-22-8-3-9-23-48/h1-39H. The van der Waals surface area contributed by atoms with Crippen LogP contribution in [-0.4, -0.2) is 4.57 Å². The molecule has 13 rings (SSSR count). The van der Waals surface area contributed by atoms with Gasteiger partial charge in [0.15, 0.2) is 0 Å². The first-order chi connectivity index (χ1) is 31.3. The molecule has 63 heavy (non-hydrogen) atoms. The fraction of sp³-hybridized carbons (Fsp3) is 0. The minimum Gasteiger partial charge on any atom is -0.309 e. The number of para-hydroxylation sites is 1. The van der Waals surface area contributed by atoms with Crippen molar-refractivity contribution in [1.82, 2.24) is 4.57 Å². The SMILES string of the molecule is c1ccc(-c2cc(-c3ccccc3)cc(-c3c4ccccc4c(-c4ccc(-c5cc6ccc7cccc8c7c6c(c5)n8-c5ccccc5)c5ccccc45)c4ccccc34)c2)cc1. The van der Waals surface area contributed by atoms with Crippen LogP contribution in [-0.2, 0) is 0 Å². The van der Waals surface area contributed by atoms with Crippen molar-refractivity contribution in [3.63, 3.8) is 0 Å². The Hall–Kier alpha value is -8.26. The second-order valence-electron chi connectivity index (χ2n) is 16.8. The Bertz CT molecular complexity index is 3760. The molecule has 0 aliphatic carbocycles. The van der Waals surface area contributed by atoms with E-state index in [2.05, 4.69) is 241 Å². The Morgan fingerprint density at radius 3 is 1.33 bits per heavy atom. The van der Waals surface area contributed by atoms with E-state index in [0.29, 0.717) is 0 Å². The van der Waals surface area contributed by atoms with Gasteiger partial charge in [-0.2, -0.15) is 0 Å². The molecule has 0 spiro atoms. The van der Waals surface area contributed by atoms with Gasteiger partial charge >= 0.3 is 0 Å². The van der Waals surface area contributed by atoms with Crippen LogP contribution < -0.4 is 0 Å². The number of hydrogen-bond donors (Lipinski definition) is 0. The molecular weight excluding hydrogens is 759 g/mol. The molecular formula is C62H39N. The average molecular weight is 798 g/mol. The minimum atomic E-state index is 1.17. The van der Waals surface area contributed by atoms with E-state index in [9.17, 15) is 0 Å². The summed E-state index contributed by atoms with van der Waals surface area (Å²) < 4.78 is 2.45. The first-order valence-electron chi connectivity index (χ1n) is 21.8. The van der Waals surface area contributed by atoms with Crippen LogP contribution in [0, 0.1) is 0 Å². The summed E-state index contributed by atoms with van der Waals surface area (Å²) in [6, 6.07) is 87.4. The minimum absolute atomic E-state index is 1.17. The third-order valence-corrected chi connectivity index (χ3v) is 13.3. The van der Waals surface area contributed by atoms with E-state index in [0.717, 1.165) is 0 Å². The van der Waals surface area contributed by atoms with Crippen molar-refractivity contribution < 1.29 is 0 Å². The Morgan fingerprint density at radius 1 is 0.238 bits per heavy atom. The van der Waals surface area contributed by atoms with Crippen LogP contribution in [0.3, 0.4) is 0 Å². The van der Waals surface area contributed by atoms with Crippen LogP contribution in [0.25, 0.3) is 126 Å². The average Bonchev–Trinajstić information content (AvgIpc) is 3.70. The summed E-state index contributed by atoms with van der Waals surface area (Å²) in [5.41, 5.74) is 15.9. The van der Waals surface area contributed by atoms with Gasteiger partial charge in [0, 0.05) is 16.5 Å². The quantitative estimate of drug-likeness (QED) is 0.117. The Labute approximate surface area is 365 Å². The summed E-state index contributed by atoms with van der Waals surface area (Å²) in [6.45, 7) is 0. The lowest BCUT2D eigenvalue weighted by Gasteiger charge is -2.20. The second kappa shape index (κ2) is 14.2. The van der Waals surface area contributed by atoms with E-state index in [1.807, 2.05) is 0 Å². The second-order valence-corrected chi connectivity index (χ2v) is 16.8. The molecule has 0 atom stereocenters. The zero-order chi connectivity index (χ0) is 41.4. The number of nitrogens with zero attached hydrogens (tertiary/aromatic N) is 1. The Morgan fingerprint density at radius 2 is 0.714 bits per heavy atom. The van der Waals surface area contributed by atoms with Crippen molar-refractivity contribution in [1.29, 1.82) is 0 Å². The molecule has 1 heterocycles. The molecule has 0 aliphatic heterocycles. The summed E-state index contributed by atoms with van der Waals surface area (Å²) >= 11 is 0. The highest BCUT2D eigenvalue weighted by Gasteiger charge is 2.22. The van der Waals surface area contributed by atoms with Gasteiger partial charge in [0.25, 0.3) is 0 Å². The van der Waals surface area contributed by atoms with Gasteiger partial charge in [0.1, 0.15) is 0 Å². The predicted octanol–water partition coefficient (Wildman–Crippen LogP) is 17.2. The number of rotatable bonds is 6. The summed E-state index contributed by atoms with van der Waals surface area (Å²) in [7, 11) is 0. The molecule has 0 saturated carbocycles. The highest BCUT2D eigenvalue weighted by atomic mass is 15.0. The maximum absolute atomic E-state index is 2.45. The first-order valence-corrected chi connectivity index (χ1v) is 21.8. The smallest absolute Gasteiger partial charge is 0.0553 e. The Balaban J connectivity index is 1.05. The van der Waals surface area contributed by atoms with Crippen LogP contribution in [0.4, 0.5) is 0 Å². The van der Waals surface area contributed by atoms with E-state index < -0.39 is 0 Å². The highest BCUT2D eigenvalue weighted by Crippen LogP contribution is 2.48. The molecule has 0 radical (unpaired) electrons. The lowest BCUT2D eigenvalue weighted by atomic mass is 9.83. The van der Waals surface area contributed by atoms with Gasteiger partial charge in [-0.3, -0.25) is 0 Å². The fourth-order valence-corrected chi connectivity index (χ4v) is 10.6. The molecule has 12 aromatic carbocycles. The molecule has 0 aliphatic rings. The number of fused-ring (bicyclic) bond motifs is 3. The van der Waals surface area contributed by atoms with Gasteiger partial charge in [-0.1, -0.05) is 188 Å². The summed E-state index contributed by atoms with van der Waals surface area (Å²) in [4.78, 5) is 0. The van der Waals surface area contributed by atoms with Gasteiger partial charge in [-0.05, 0) is 147 Å². The molecule has 292 valence electrons. The number of benzene rings is 12.